The zero-order chi connectivity index (χ0) is 11.1. The zero-order valence-corrected chi connectivity index (χ0v) is 8.60. The number of nitrogens with zero attached hydrogens (tertiary/aromatic N) is 2. The summed E-state index contributed by atoms with van der Waals surface area (Å²) in [6, 6.07) is 11.0. The molecule has 0 aliphatic heterocycles. The third-order valence-electron chi connectivity index (χ3n) is 1.93. The number of hydrogen-bond acceptors (Lipinski definition) is 2. The molecule has 2 amide bonds. The lowest BCUT2D eigenvalue weighted by molar-refractivity contribution is 0.223. The van der Waals surface area contributed by atoms with Crippen molar-refractivity contribution in [1.29, 1.82) is 5.26 Å². The number of nitrogens with one attached hydrogen (secondary N) is 1. The quantitative estimate of drug-likeness (QED) is 0.817. The van der Waals surface area contributed by atoms with E-state index in [4.69, 9.17) is 5.26 Å². The van der Waals surface area contributed by atoms with Crippen molar-refractivity contribution >= 4 is 11.7 Å². The molecule has 0 atom stereocenters. The number of anilines is 1. The standard InChI is InChI=1S/C11H13N3O/c1-14(9-5-8-12)11(15)13-10-6-3-2-4-7-10/h2-4,6-7H,5,9H2,1H3,(H,13,15). The fourth-order valence-corrected chi connectivity index (χ4v) is 1.06. The predicted octanol–water partition coefficient (Wildman–Crippen LogP) is 2.06. The molecular formula is C11H13N3O. The first kappa shape index (κ1) is 11.1. The molecule has 0 spiro atoms. The fraction of sp³-hybridized carbons (Fsp3) is 0.273. The number of amides is 2. The van der Waals surface area contributed by atoms with E-state index in [9.17, 15) is 4.79 Å². The average molecular weight is 203 g/mol. The first-order chi connectivity index (χ1) is 7.24. The highest BCUT2D eigenvalue weighted by atomic mass is 16.2. The normalized spacial score (nSPS) is 9.07. The summed E-state index contributed by atoms with van der Waals surface area (Å²) in [6.45, 7) is 0.440. The number of carbonyl (C=O) groups is 1. The molecule has 1 N–H and O–H groups in total. The van der Waals surface area contributed by atoms with Crippen LogP contribution in [0.5, 0.6) is 0 Å². The van der Waals surface area contributed by atoms with Gasteiger partial charge in [0, 0.05) is 19.3 Å². The van der Waals surface area contributed by atoms with Crippen LogP contribution in [0.2, 0.25) is 0 Å². The maximum atomic E-state index is 11.5. The lowest BCUT2D eigenvalue weighted by Crippen LogP contribution is -2.31. The Kier molecular flexibility index (Phi) is 4.17. The molecule has 0 unspecified atom stereocenters. The van der Waals surface area contributed by atoms with Gasteiger partial charge in [0.15, 0.2) is 0 Å². The summed E-state index contributed by atoms with van der Waals surface area (Å²) in [6.07, 6.45) is 0.346. The molecule has 0 aliphatic rings. The van der Waals surface area contributed by atoms with E-state index in [1.54, 1.807) is 7.05 Å². The number of para-hydroxylation sites is 1. The Labute approximate surface area is 89.1 Å². The first-order valence-electron chi connectivity index (χ1n) is 4.68. The molecule has 0 radical (unpaired) electrons. The monoisotopic (exact) mass is 203 g/mol. The molecule has 0 saturated carbocycles. The molecule has 1 aromatic carbocycles. The molecule has 1 rings (SSSR count). The van der Waals surface area contributed by atoms with Gasteiger partial charge in [0.25, 0.3) is 0 Å². The molecule has 78 valence electrons. The Morgan fingerprint density at radius 1 is 1.47 bits per heavy atom. The number of urea groups is 1. The third-order valence-corrected chi connectivity index (χ3v) is 1.93. The van der Waals surface area contributed by atoms with Crippen LogP contribution < -0.4 is 5.32 Å². The molecule has 1 aromatic rings. The zero-order valence-electron chi connectivity index (χ0n) is 8.60. The van der Waals surface area contributed by atoms with E-state index in [0.29, 0.717) is 13.0 Å². The lowest BCUT2D eigenvalue weighted by Gasteiger charge is -2.16. The van der Waals surface area contributed by atoms with Crippen LogP contribution >= 0.6 is 0 Å². The number of benzene rings is 1. The Morgan fingerprint density at radius 2 is 2.13 bits per heavy atom. The van der Waals surface area contributed by atoms with Gasteiger partial charge in [0.2, 0.25) is 0 Å². The van der Waals surface area contributed by atoms with Crippen molar-refractivity contribution < 1.29 is 4.79 Å². The molecule has 4 heteroatoms. The van der Waals surface area contributed by atoms with E-state index in [2.05, 4.69) is 5.32 Å². The summed E-state index contributed by atoms with van der Waals surface area (Å²) in [4.78, 5) is 13.0. The van der Waals surface area contributed by atoms with Gasteiger partial charge in [0.1, 0.15) is 0 Å². The van der Waals surface area contributed by atoms with Crippen LogP contribution in [0.3, 0.4) is 0 Å². The smallest absolute Gasteiger partial charge is 0.321 e. The van der Waals surface area contributed by atoms with E-state index in [-0.39, 0.29) is 6.03 Å². The highest BCUT2D eigenvalue weighted by Crippen LogP contribution is 2.05. The van der Waals surface area contributed by atoms with Gasteiger partial charge >= 0.3 is 6.03 Å². The molecule has 15 heavy (non-hydrogen) atoms. The van der Waals surface area contributed by atoms with Crippen LogP contribution in [0, 0.1) is 11.3 Å². The summed E-state index contributed by atoms with van der Waals surface area (Å²) in [5.41, 5.74) is 0.756. The number of hydrogen-bond donors (Lipinski definition) is 1. The van der Waals surface area contributed by atoms with Gasteiger partial charge < -0.3 is 10.2 Å². The van der Waals surface area contributed by atoms with Crippen molar-refractivity contribution in [3.63, 3.8) is 0 Å². The van der Waals surface area contributed by atoms with Gasteiger partial charge in [-0.2, -0.15) is 5.26 Å². The van der Waals surface area contributed by atoms with Crippen molar-refractivity contribution in [2.75, 3.05) is 18.9 Å². The van der Waals surface area contributed by atoms with E-state index < -0.39 is 0 Å². The van der Waals surface area contributed by atoms with Crippen molar-refractivity contribution in [2.24, 2.45) is 0 Å². The highest BCUT2D eigenvalue weighted by Gasteiger charge is 2.07. The van der Waals surface area contributed by atoms with Crippen LogP contribution in [0.15, 0.2) is 30.3 Å². The Bertz CT molecular complexity index is 356. The van der Waals surface area contributed by atoms with Crippen LogP contribution in [0.25, 0.3) is 0 Å². The summed E-state index contributed by atoms with van der Waals surface area (Å²) in [5, 5.41) is 11.1. The second kappa shape index (κ2) is 5.66. The summed E-state index contributed by atoms with van der Waals surface area (Å²) in [5.74, 6) is 0. The largest absolute Gasteiger partial charge is 0.327 e. The molecule has 0 aliphatic carbocycles. The second-order valence-electron chi connectivity index (χ2n) is 3.13. The number of nitriles is 1. The minimum absolute atomic E-state index is 0.198. The van der Waals surface area contributed by atoms with E-state index in [1.165, 1.54) is 4.90 Å². The van der Waals surface area contributed by atoms with Gasteiger partial charge in [-0.15, -0.1) is 0 Å². The summed E-state index contributed by atoms with van der Waals surface area (Å²) in [7, 11) is 1.66. The molecule has 4 nitrogen and oxygen atoms in total. The van der Waals surface area contributed by atoms with Gasteiger partial charge in [-0.1, -0.05) is 18.2 Å². The summed E-state index contributed by atoms with van der Waals surface area (Å²) < 4.78 is 0. The Balaban J connectivity index is 2.46. The minimum Gasteiger partial charge on any atom is -0.327 e. The molecular weight excluding hydrogens is 190 g/mol. The molecule has 0 heterocycles. The Morgan fingerprint density at radius 3 is 2.73 bits per heavy atom. The van der Waals surface area contributed by atoms with Gasteiger partial charge in [-0.25, -0.2) is 4.79 Å². The summed E-state index contributed by atoms with van der Waals surface area (Å²) >= 11 is 0. The van der Waals surface area contributed by atoms with Crippen molar-refractivity contribution in [3.8, 4) is 6.07 Å². The maximum absolute atomic E-state index is 11.5. The molecule has 0 bridgehead atoms. The van der Waals surface area contributed by atoms with Gasteiger partial charge in [-0.3, -0.25) is 0 Å². The average Bonchev–Trinajstić information content (AvgIpc) is 2.27. The lowest BCUT2D eigenvalue weighted by atomic mass is 10.3. The SMILES string of the molecule is CN(CCC#N)C(=O)Nc1ccccc1. The molecule has 0 aromatic heterocycles. The van der Waals surface area contributed by atoms with Gasteiger partial charge in [0.05, 0.1) is 12.5 Å². The van der Waals surface area contributed by atoms with E-state index >= 15 is 0 Å². The number of rotatable bonds is 3. The number of carbonyl (C=O) groups excluding carboxylic acids is 1. The van der Waals surface area contributed by atoms with Crippen molar-refractivity contribution in [1.82, 2.24) is 4.90 Å². The van der Waals surface area contributed by atoms with Crippen molar-refractivity contribution in [3.05, 3.63) is 30.3 Å². The van der Waals surface area contributed by atoms with Crippen LogP contribution in [-0.4, -0.2) is 24.5 Å². The van der Waals surface area contributed by atoms with Crippen molar-refractivity contribution in [2.45, 2.75) is 6.42 Å². The first-order valence-corrected chi connectivity index (χ1v) is 4.68. The fourth-order valence-electron chi connectivity index (χ4n) is 1.06. The van der Waals surface area contributed by atoms with Crippen LogP contribution in [0.4, 0.5) is 10.5 Å². The predicted molar refractivity (Wildman–Crippen MR) is 58.3 cm³/mol. The van der Waals surface area contributed by atoms with Crippen LogP contribution in [-0.2, 0) is 0 Å². The topological polar surface area (TPSA) is 56.1 Å². The highest BCUT2D eigenvalue weighted by molar-refractivity contribution is 5.89. The second-order valence-corrected chi connectivity index (χ2v) is 3.13. The Hall–Kier alpha value is -2.02. The van der Waals surface area contributed by atoms with Crippen LogP contribution in [0.1, 0.15) is 6.42 Å². The molecule has 0 fully saturated rings. The third kappa shape index (κ3) is 3.69. The maximum Gasteiger partial charge on any atom is 0.321 e. The van der Waals surface area contributed by atoms with E-state index in [1.807, 2.05) is 36.4 Å². The van der Waals surface area contributed by atoms with Gasteiger partial charge in [-0.05, 0) is 12.1 Å². The van der Waals surface area contributed by atoms with E-state index in [0.717, 1.165) is 5.69 Å². The minimum atomic E-state index is -0.198. The molecule has 0 saturated heterocycles.